The van der Waals surface area contributed by atoms with Gasteiger partial charge in [0.1, 0.15) is 0 Å². The van der Waals surface area contributed by atoms with Gasteiger partial charge in [-0.3, -0.25) is 14.4 Å². The van der Waals surface area contributed by atoms with Gasteiger partial charge >= 0.3 is 0 Å². The molecule has 3 heterocycles. The molecule has 7 heteroatoms. The fourth-order valence-electron chi connectivity index (χ4n) is 4.46. The fraction of sp³-hybridized carbons (Fsp3) is 0.800. The molecule has 27 heavy (non-hydrogen) atoms. The molecule has 152 valence electrons. The maximum Gasteiger partial charge on any atom is 0.222 e. The van der Waals surface area contributed by atoms with Gasteiger partial charge in [-0.15, -0.1) is 0 Å². The van der Waals surface area contributed by atoms with Crippen LogP contribution in [0.15, 0.2) is 6.07 Å². The number of rotatable bonds is 7. The molecule has 2 fully saturated rings. The van der Waals surface area contributed by atoms with Crippen LogP contribution in [0.3, 0.4) is 0 Å². The minimum Gasteiger partial charge on any atom is -0.381 e. The van der Waals surface area contributed by atoms with E-state index in [-0.39, 0.29) is 11.9 Å². The molecule has 1 aromatic rings. The molecule has 1 N–H and O–H groups in total. The Labute approximate surface area is 163 Å². The number of aryl methyl sites for hydroxylation is 3. The van der Waals surface area contributed by atoms with Crippen LogP contribution in [0.1, 0.15) is 30.7 Å². The number of nitrogens with zero attached hydrogens (tertiary/aromatic N) is 4. The number of ether oxygens (including phenoxy) is 1. The van der Waals surface area contributed by atoms with Gasteiger partial charge in [-0.2, -0.15) is 5.10 Å². The molecule has 0 aliphatic carbocycles. The summed E-state index contributed by atoms with van der Waals surface area (Å²) >= 11 is 0. The molecule has 0 saturated carbocycles. The lowest BCUT2D eigenvalue weighted by molar-refractivity contribution is -0.122. The Morgan fingerprint density at radius 3 is 2.67 bits per heavy atom. The first kappa shape index (κ1) is 20.3. The minimum atomic E-state index is 0.130. The van der Waals surface area contributed by atoms with Crippen molar-refractivity contribution in [2.24, 2.45) is 5.92 Å². The van der Waals surface area contributed by atoms with Gasteiger partial charge in [-0.25, -0.2) is 0 Å². The standard InChI is InChI=1S/C20H35N5O2/c1-15-11-16(2)25(22-15)8-5-20(26)21-19-14-24(13-17(19)12-23(3)4)18-6-9-27-10-7-18/h11,17-19H,5-10,12-14H2,1-4H3,(H,21,26)/t17-,19-/m1/s1. The van der Waals surface area contributed by atoms with Gasteiger partial charge < -0.3 is 15.0 Å². The third-order valence-corrected chi connectivity index (χ3v) is 5.78. The largest absolute Gasteiger partial charge is 0.381 e. The molecule has 7 nitrogen and oxygen atoms in total. The lowest BCUT2D eigenvalue weighted by Gasteiger charge is -2.31. The Hall–Kier alpha value is -1.44. The van der Waals surface area contributed by atoms with Crippen LogP contribution in [-0.4, -0.2) is 84.5 Å². The second-order valence-electron chi connectivity index (χ2n) is 8.39. The molecule has 2 atom stereocenters. The number of likely N-dealkylation sites (tertiary alicyclic amines) is 1. The minimum absolute atomic E-state index is 0.130. The molecule has 0 spiro atoms. The zero-order valence-electron chi connectivity index (χ0n) is 17.3. The van der Waals surface area contributed by atoms with E-state index in [1.807, 2.05) is 24.6 Å². The van der Waals surface area contributed by atoms with E-state index in [2.05, 4.69) is 34.3 Å². The van der Waals surface area contributed by atoms with E-state index in [1.54, 1.807) is 0 Å². The first-order valence-corrected chi connectivity index (χ1v) is 10.2. The van der Waals surface area contributed by atoms with Crippen LogP contribution in [0.25, 0.3) is 0 Å². The van der Waals surface area contributed by atoms with Crippen molar-refractivity contribution in [3.63, 3.8) is 0 Å². The lowest BCUT2D eigenvalue weighted by Crippen LogP contribution is -2.44. The first-order valence-electron chi connectivity index (χ1n) is 10.2. The van der Waals surface area contributed by atoms with E-state index in [0.29, 0.717) is 24.9 Å². The highest BCUT2D eigenvalue weighted by Gasteiger charge is 2.37. The average molecular weight is 378 g/mol. The summed E-state index contributed by atoms with van der Waals surface area (Å²) in [6.07, 6.45) is 2.69. The van der Waals surface area contributed by atoms with Crippen molar-refractivity contribution in [2.45, 2.75) is 51.7 Å². The number of hydrogen-bond acceptors (Lipinski definition) is 5. The number of hydrogen-bond donors (Lipinski definition) is 1. The zero-order chi connectivity index (χ0) is 19.4. The molecule has 3 rings (SSSR count). The van der Waals surface area contributed by atoms with Crippen LogP contribution < -0.4 is 5.32 Å². The molecular weight excluding hydrogens is 342 g/mol. The molecule has 0 unspecified atom stereocenters. The van der Waals surface area contributed by atoms with Crippen LogP contribution in [0, 0.1) is 19.8 Å². The Kier molecular flexibility index (Phi) is 6.89. The SMILES string of the molecule is Cc1cc(C)n(CCC(=O)N[C@@H]2CN(C3CCOCC3)C[C@H]2CN(C)C)n1. The summed E-state index contributed by atoms with van der Waals surface area (Å²) in [7, 11) is 4.22. The summed E-state index contributed by atoms with van der Waals surface area (Å²) in [5.74, 6) is 0.602. The van der Waals surface area contributed by atoms with Crippen molar-refractivity contribution in [3.05, 3.63) is 17.5 Å². The van der Waals surface area contributed by atoms with E-state index < -0.39 is 0 Å². The van der Waals surface area contributed by atoms with Crippen molar-refractivity contribution in [2.75, 3.05) is 46.9 Å². The van der Waals surface area contributed by atoms with Gasteiger partial charge in [-0.1, -0.05) is 0 Å². The highest BCUT2D eigenvalue weighted by molar-refractivity contribution is 5.76. The maximum atomic E-state index is 12.6. The molecule has 1 aromatic heterocycles. The summed E-state index contributed by atoms with van der Waals surface area (Å²) in [4.78, 5) is 17.4. The number of carbonyl (C=O) groups is 1. The van der Waals surface area contributed by atoms with E-state index >= 15 is 0 Å². The molecule has 2 saturated heterocycles. The summed E-state index contributed by atoms with van der Waals surface area (Å²) < 4.78 is 7.44. The van der Waals surface area contributed by atoms with Gasteiger partial charge in [0.2, 0.25) is 5.91 Å². The van der Waals surface area contributed by atoms with Gasteiger partial charge in [-0.05, 0) is 46.9 Å². The van der Waals surface area contributed by atoms with Crippen LogP contribution in [0.4, 0.5) is 0 Å². The molecule has 0 radical (unpaired) electrons. The fourth-order valence-corrected chi connectivity index (χ4v) is 4.46. The smallest absolute Gasteiger partial charge is 0.222 e. The molecule has 2 aliphatic rings. The molecule has 1 amide bonds. The van der Waals surface area contributed by atoms with Crippen LogP contribution in [0.5, 0.6) is 0 Å². The highest BCUT2D eigenvalue weighted by atomic mass is 16.5. The average Bonchev–Trinajstić information content (AvgIpc) is 3.16. The quantitative estimate of drug-likeness (QED) is 0.770. The van der Waals surface area contributed by atoms with Crippen LogP contribution >= 0.6 is 0 Å². The normalized spacial score (nSPS) is 24.6. The van der Waals surface area contributed by atoms with Crippen molar-refractivity contribution >= 4 is 5.91 Å². The zero-order valence-corrected chi connectivity index (χ0v) is 17.3. The summed E-state index contributed by atoms with van der Waals surface area (Å²) in [5.41, 5.74) is 2.11. The Morgan fingerprint density at radius 2 is 2.04 bits per heavy atom. The van der Waals surface area contributed by atoms with E-state index in [4.69, 9.17) is 4.74 Å². The molecule has 0 aromatic carbocycles. The topological polar surface area (TPSA) is 62.6 Å². The van der Waals surface area contributed by atoms with E-state index in [0.717, 1.165) is 57.1 Å². The van der Waals surface area contributed by atoms with Crippen LogP contribution in [0.2, 0.25) is 0 Å². The Bertz CT molecular complexity index is 624. The maximum absolute atomic E-state index is 12.6. The summed E-state index contributed by atoms with van der Waals surface area (Å²) in [5, 5.41) is 7.77. The third kappa shape index (κ3) is 5.53. The summed E-state index contributed by atoms with van der Waals surface area (Å²) in [6, 6.07) is 2.87. The lowest BCUT2D eigenvalue weighted by atomic mass is 10.0. The molecular formula is C20H35N5O2. The number of carbonyl (C=O) groups excluding carboxylic acids is 1. The van der Waals surface area contributed by atoms with Gasteiger partial charge in [0.05, 0.1) is 5.69 Å². The number of amides is 1. The first-order chi connectivity index (χ1) is 12.9. The Morgan fingerprint density at radius 1 is 1.30 bits per heavy atom. The van der Waals surface area contributed by atoms with Gasteiger partial charge in [0, 0.05) is 69.5 Å². The van der Waals surface area contributed by atoms with Crippen LogP contribution in [-0.2, 0) is 16.1 Å². The van der Waals surface area contributed by atoms with Crippen molar-refractivity contribution < 1.29 is 9.53 Å². The Balaban J connectivity index is 1.54. The number of aromatic nitrogens is 2. The van der Waals surface area contributed by atoms with E-state index in [1.165, 1.54) is 0 Å². The predicted molar refractivity (Wildman–Crippen MR) is 106 cm³/mol. The van der Waals surface area contributed by atoms with E-state index in [9.17, 15) is 4.79 Å². The van der Waals surface area contributed by atoms with Gasteiger partial charge in [0.25, 0.3) is 0 Å². The third-order valence-electron chi connectivity index (χ3n) is 5.78. The van der Waals surface area contributed by atoms with Crippen molar-refractivity contribution in [1.29, 1.82) is 0 Å². The monoisotopic (exact) mass is 377 g/mol. The second kappa shape index (κ2) is 9.17. The van der Waals surface area contributed by atoms with Crippen molar-refractivity contribution in [3.8, 4) is 0 Å². The molecule has 2 aliphatic heterocycles. The predicted octanol–water partition coefficient (Wildman–Crippen LogP) is 1.05. The molecule has 0 bridgehead atoms. The number of nitrogens with one attached hydrogen (secondary N) is 1. The van der Waals surface area contributed by atoms with Gasteiger partial charge in [0.15, 0.2) is 0 Å². The summed E-state index contributed by atoms with van der Waals surface area (Å²) in [6.45, 7) is 9.40. The second-order valence-corrected chi connectivity index (χ2v) is 8.39. The van der Waals surface area contributed by atoms with Crippen molar-refractivity contribution in [1.82, 2.24) is 24.9 Å². The highest BCUT2D eigenvalue weighted by Crippen LogP contribution is 2.24.